The maximum Gasteiger partial charge on any atom is 0.191 e. The fourth-order valence-electron chi connectivity index (χ4n) is 3.81. The third kappa shape index (κ3) is 5.49. The van der Waals surface area contributed by atoms with Gasteiger partial charge in [0.1, 0.15) is 5.75 Å². The summed E-state index contributed by atoms with van der Waals surface area (Å²) in [6, 6.07) is 8.44. The van der Waals surface area contributed by atoms with Gasteiger partial charge in [0.25, 0.3) is 0 Å². The van der Waals surface area contributed by atoms with Crippen molar-refractivity contribution in [1.82, 2.24) is 15.5 Å². The molecule has 1 saturated heterocycles. The Morgan fingerprint density at radius 2 is 2.12 bits per heavy atom. The highest BCUT2D eigenvalue weighted by Crippen LogP contribution is 2.33. The molecule has 0 amide bonds. The Bertz CT molecular complexity index is 618. The molecule has 1 aliphatic heterocycles. The number of hydrogen-bond acceptors (Lipinski definition) is 3. The summed E-state index contributed by atoms with van der Waals surface area (Å²) in [5, 5.41) is 7.05. The van der Waals surface area contributed by atoms with Crippen LogP contribution in [0.1, 0.15) is 37.3 Å². The van der Waals surface area contributed by atoms with Crippen LogP contribution in [0.4, 0.5) is 0 Å². The topological polar surface area (TPSA) is 48.9 Å². The summed E-state index contributed by atoms with van der Waals surface area (Å²) in [6.07, 6.45) is 4.91. The fraction of sp³-hybridized carbons (Fsp3) is 0.650. The van der Waals surface area contributed by atoms with Gasteiger partial charge in [-0.05, 0) is 56.7 Å². The van der Waals surface area contributed by atoms with E-state index in [2.05, 4.69) is 52.6 Å². The molecule has 26 heavy (non-hydrogen) atoms. The Labute approximate surface area is 175 Å². The quantitative estimate of drug-likeness (QED) is 0.380. The van der Waals surface area contributed by atoms with Gasteiger partial charge in [-0.1, -0.05) is 12.1 Å². The van der Waals surface area contributed by atoms with Gasteiger partial charge in [-0.3, -0.25) is 9.89 Å². The number of nitrogens with zero attached hydrogens (tertiary/aromatic N) is 2. The second-order valence-corrected chi connectivity index (χ2v) is 7.41. The average Bonchev–Trinajstić information content (AvgIpc) is 3.38. The van der Waals surface area contributed by atoms with E-state index in [4.69, 9.17) is 4.74 Å². The van der Waals surface area contributed by atoms with Crippen LogP contribution in [0, 0.1) is 6.92 Å². The van der Waals surface area contributed by atoms with E-state index in [0.717, 1.165) is 37.3 Å². The van der Waals surface area contributed by atoms with Crippen LogP contribution >= 0.6 is 24.0 Å². The lowest BCUT2D eigenvalue weighted by atomic mass is 10.1. The number of methoxy groups -OCH3 is 1. The van der Waals surface area contributed by atoms with Gasteiger partial charge in [0.05, 0.1) is 7.11 Å². The van der Waals surface area contributed by atoms with Crippen LogP contribution in [0.5, 0.6) is 5.75 Å². The molecule has 1 aromatic carbocycles. The van der Waals surface area contributed by atoms with Gasteiger partial charge >= 0.3 is 0 Å². The third-order valence-corrected chi connectivity index (χ3v) is 5.38. The lowest BCUT2D eigenvalue weighted by Crippen LogP contribution is -2.45. The molecule has 0 bridgehead atoms. The van der Waals surface area contributed by atoms with Crippen LogP contribution in [0.15, 0.2) is 23.2 Å². The molecular formula is C20H33IN4O. The van der Waals surface area contributed by atoms with E-state index >= 15 is 0 Å². The van der Waals surface area contributed by atoms with E-state index in [0.29, 0.717) is 12.1 Å². The van der Waals surface area contributed by atoms with Gasteiger partial charge < -0.3 is 15.4 Å². The van der Waals surface area contributed by atoms with Crippen molar-refractivity contribution in [2.45, 2.75) is 57.7 Å². The molecule has 1 saturated carbocycles. The highest BCUT2D eigenvalue weighted by molar-refractivity contribution is 14.0. The molecule has 1 aliphatic carbocycles. The van der Waals surface area contributed by atoms with E-state index in [1.54, 1.807) is 7.11 Å². The molecule has 146 valence electrons. The Morgan fingerprint density at radius 3 is 2.77 bits per heavy atom. The number of nitrogens with one attached hydrogen (secondary N) is 2. The van der Waals surface area contributed by atoms with Crippen molar-refractivity contribution in [3.63, 3.8) is 0 Å². The minimum atomic E-state index is 0. The Balaban J connectivity index is 0.00000243. The number of benzene rings is 1. The van der Waals surface area contributed by atoms with E-state index < -0.39 is 0 Å². The largest absolute Gasteiger partial charge is 0.496 e. The number of aliphatic imine (C=N–C) groups is 1. The number of rotatable bonds is 6. The van der Waals surface area contributed by atoms with Crippen molar-refractivity contribution in [1.29, 1.82) is 0 Å². The first-order chi connectivity index (χ1) is 12.1. The number of hydrogen-bond donors (Lipinski definition) is 2. The molecule has 2 fully saturated rings. The summed E-state index contributed by atoms with van der Waals surface area (Å²) in [5.41, 5.74) is 2.45. The van der Waals surface area contributed by atoms with Gasteiger partial charge in [-0.25, -0.2) is 0 Å². The molecule has 2 unspecified atom stereocenters. The maximum atomic E-state index is 5.41. The van der Waals surface area contributed by atoms with Crippen molar-refractivity contribution in [3.8, 4) is 5.75 Å². The summed E-state index contributed by atoms with van der Waals surface area (Å²) >= 11 is 0. The second kappa shape index (κ2) is 9.78. The number of halogens is 1. The van der Waals surface area contributed by atoms with Crippen LogP contribution in [0.25, 0.3) is 0 Å². The highest BCUT2D eigenvalue weighted by atomic mass is 127. The van der Waals surface area contributed by atoms with Crippen LogP contribution < -0.4 is 15.4 Å². The van der Waals surface area contributed by atoms with Crippen molar-refractivity contribution in [2.75, 3.05) is 27.2 Å². The molecule has 6 heteroatoms. The molecular weight excluding hydrogens is 439 g/mol. The predicted octanol–water partition coefficient (Wildman–Crippen LogP) is 2.95. The molecule has 3 rings (SSSR count). The van der Waals surface area contributed by atoms with Gasteiger partial charge in [-0.15, -0.1) is 24.0 Å². The molecule has 2 aliphatic rings. The molecule has 5 nitrogen and oxygen atoms in total. The Hall–Kier alpha value is -1.02. The Kier molecular flexibility index (Phi) is 8.01. The Morgan fingerprint density at radius 1 is 1.35 bits per heavy atom. The van der Waals surface area contributed by atoms with Gasteiger partial charge in [-0.2, -0.15) is 0 Å². The minimum Gasteiger partial charge on any atom is -0.496 e. The lowest BCUT2D eigenvalue weighted by molar-refractivity contribution is 0.256. The number of likely N-dealkylation sites (tertiary alicyclic amines) is 1. The van der Waals surface area contributed by atoms with Gasteiger partial charge in [0.2, 0.25) is 0 Å². The number of guanidine groups is 1. The molecule has 1 aromatic rings. The first-order valence-corrected chi connectivity index (χ1v) is 9.47. The van der Waals surface area contributed by atoms with Crippen molar-refractivity contribution >= 4 is 29.9 Å². The molecule has 0 aromatic heterocycles. The predicted molar refractivity (Wildman–Crippen MR) is 119 cm³/mol. The minimum absolute atomic E-state index is 0. The zero-order valence-electron chi connectivity index (χ0n) is 16.4. The van der Waals surface area contributed by atoms with E-state index in [9.17, 15) is 0 Å². The molecule has 0 spiro atoms. The average molecular weight is 472 g/mol. The van der Waals surface area contributed by atoms with Crippen LogP contribution in [-0.4, -0.2) is 56.2 Å². The van der Waals surface area contributed by atoms with Gasteiger partial charge in [0, 0.05) is 38.3 Å². The van der Waals surface area contributed by atoms with E-state index in [1.165, 1.54) is 30.4 Å². The van der Waals surface area contributed by atoms with Crippen molar-refractivity contribution in [3.05, 3.63) is 29.3 Å². The summed E-state index contributed by atoms with van der Waals surface area (Å²) in [4.78, 5) is 7.05. The zero-order chi connectivity index (χ0) is 17.8. The van der Waals surface area contributed by atoms with Crippen molar-refractivity contribution in [2.24, 2.45) is 4.99 Å². The van der Waals surface area contributed by atoms with Crippen LogP contribution in [0.3, 0.4) is 0 Å². The summed E-state index contributed by atoms with van der Waals surface area (Å²) in [5.74, 6) is 1.87. The first-order valence-electron chi connectivity index (χ1n) is 9.47. The summed E-state index contributed by atoms with van der Waals surface area (Å²) < 4.78 is 5.41. The maximum absolute atomic E-state index is 5.41. The lowest BCUT2D eigenvalue weighted by Gasteiger charge is -2.20. The summed E-state index contributed by atoms with van der Waals surface area (Å²) in [6.45, 7) is 6.42. The van der Waals surface area contributed by atoms with Crippen molar-refractivity contribution < 1.29 is 4.74 Å². The number of aryl methyl sites for hydroxylation is 1. The monoisotopic (exact) mass is 472 g/mol. The van der Waals surface area contributed by atoms with Crippen LogP contribution in [-0.2, 0) is 6.42 Å². The SMILES string of the molecule is CN=C(NCCc1ccc(C)c(OC)c1)NC1CC(C)N(C2CC2)C1.I. The first kappa shape index (κ1) is 21.3. The van der Waals surface area contributed by atoms with E-state index in [1.807, 2.05) is 7.05 Å². The third-order valence-electron chi connectivity index (χ3n) is 5.38. The second-order valence-electron chi connectivity index (χ2n) is 7.41. The molecule has 2 N–H and O–H groups in total. The smallest absolute Gasteiger partial charge is 0.191 e. The normalized spacial score (nSPS) is 23.5. The highest BCUT2D eigenvalue weighted by Gasteiger charge is 2.38. The summed E-state index contributed by atoms with van der Waals surface area (Å²) in [7, 11) is 3.57. The molecule has 0 radical (unpaired) electrons. The molecule has 1 heterocycles. The van der Waals surface area contributed by atoms with Gasteiger partial charge in [0.15, 0.2) is 5.96 Å². The fourth-order valence-corrected chi connectivity index (χ4v) is 3.81. The zero-order valence-corrected chi connectivity index (χ0v) is 18.7. The van der Waals surface area contributed by atoms with E-state index in [-0.39, 0.29) is 24.0 Å². The number of ether oxygens (including phenoxy) is 1. The van der Waals surface area contributed by atoms with Crippen LogP contribution in [0.2, 0.25) is 0 Å². The standard InChI is InChI=1S/C20H32N4O.HI/c1-14-5-6-16(12-19(14)25-4)9-10-22-20(21-3)23-17-11-15(2)24(13-17)18-7-8-18;/h5-6,12,15,17-18H,7-11,13H2,1-4H3,(H2,21,22,23);1H. The molecule has 2 atom stereocenters.